The van der Waals surface area contributed by atoms with Gasteiger partial charge in [-0.3, -0.25) is 4.79 Å². The molecule has 0 saturated carbocycles. The molecule has 1 aromatic heterocycles. The Kier molecular flexibility index (Phi) is 4.93. The zero-order chi connectivity index (χ0) is 17.8. The van der Waals surface area contributed by atoms with Crippen molar-refractivity contribution in [2.75, 3.05) is 14.2 Å². The van der Waals surface area contributed by atoms with Gasteiger partial charge in [-0.05, 0) is 25.1 Å². The fourth-order valence-electron chi connectivity index (χ4n) is 2.75. The van der Waals surface area contributed by atoms with Gasteiger partial charge in [-0.1, -0.05) is 24.3 Å². The van der Waals surface area contributed by atoms with E-state index in [1.165, 1.54) is 0 Å². The minimum atomic E-state index is -0.218. The molecule has 0 aliphatic heterocycles. The topological polar surface area (TPSA) is 60.7 Å². The van der Waals surface area contributed by atoms with Crippen LogP contribution in [0.25, 0.3) is 11.0 Å². The van der Waals surface area contributed by atoms with Gasteiger partial charge in [-0.2, -0.15) is 0 Å². The van der Waals surface area contributed by atoms with Gasteiger partial charge in [0.15, 0.2) is 0 Å². The predicted octanol–water partition coefficient (Wildman–Crippen LogP) is 3.87. The third kappa shape index (κ3) is 3.76. The maximum absolute atomic E-state index is 12.4. The lowest BCUT2D eigenvalue weighted by Gasteiger charge is -2.13. The van der Waals surface area contributed by atoms with Crippen molar-refractivity contribution < 1.29 is 18.7 Å². The van der Waals surface area contributed by atoms with Crippen molar-refractivity contribution in [1.82, 2.24) is 5.32 Å². The first-order valence-electron chi connectivity index (χ1n) is 8.09. The first-order valence-corrected chi connectivity index (χ1v) is 8.09. The standard InChI is InChI=1S/C20H21NO4/c1-13(18-10-14-6-4-5-7-17(14)25-18)21-20(22)11-15-8-9-16(23-2)12-19(15)24-3/h4-10,12-13H,11H2,1-3H3,(H,21,22). The molecule has 5 nitrogen and oxygen atoms in total. The number of furan rings is 1. The summed E-state index contributed by atoms with van der Waals surface area (Å²) in [4.78, 5) is 12.4. The van der Waals surface area contributed by atoms with Crippen molar-refractivity contribution in [1.29, 1.82) is 0 Å². The second-order valence-electron chi connectivity index (χ2n) is 5.83. The molecule has 25 heavy (non-hydrogen) atoms. The average molecular weight is 339 g/mol. The maximum Gasteiger partial charge on any atom is 0.225 e. The highest BCUT2D eigenvalue weighted by Gasteiger charge is 2.16. The van der Waals surface area contributed by atoms with Crippen molar-refractivity contribution >= 4 is 16.9 Å². The van der Waals surface area contributed by atoms with Crippen LogP contribution in [-0.2, 0) is 11.2 Å². The number of amides is 1. The molecule has 1 atom stereocenters. The van der Waals surface area contributed by atoms with E-state index in [9.17, 15) is 4.79 Å². The van der Waals surface area contributed by atoms with E-state index in [0.717, 1.165) is 22.3 Å². The van der Waals surface area contributed by atoms with Crippen molar-refractivity contribution in [2.45, 2.75) is 19.4 Å². The molecule has 1 unspecified atom stereocenters. The van der Waals surface area contributed by atoms with Crippen molar-refractivity contribution in [3.63, 3.8) is 0 Å². The summed E-state index contributed by atoms with van der Waals surface area (Å²) < 4.78 is 16.3. The van der Waals surface area contributed by atoms with Crippen LogP contribution >= 0.6 is 0 Å². The Balaban J connectivity index is 1.69. The normalized spacial score (nSPS) is 12.0. The summed E-state index contributed by atoms with van der Waals surface area (Å²) in [5.41, 5.74) is 1.62. The van der Waals surface area contributed by atoms with Gasteiger partial charge < -0.3 is 19.2 Å². The minimum absolute atomic E-state index is 0.101. The molecule has 0 spiro atoms. The van der Waals surface area contributed by atoms with E-state index in [0.29, 0.717) is 11.5 Å². The molecule has 3 rings (SSSR count). The lowest BCUT2D eigenvalue weighted by atomic mass is 10.1. The zero-order valence-electron chi connectivity index (χ0n) is 14.5. The van der Waals surface area contributed by atoms with Gasteiger partial charge in [0.2, 0.25) is 5.91 Å². The maximum atomic E-state index is 12.4. The van der Waals surface area contributed by atoms with Gasteiger partial charge in [-0.25, -0.2) is 0 Å². The molecule has 0 aliphatic carbocycles. The van der Waals surface area contributed by atoms with Crippen LogP contribution < -0.4 is 14.8 Å². The van der Waals surface area contributed by atoms with E-state index >= 15 is 0 Å². The number of fused-ring (bicyclic) bond motifs is 1. The lowest BCUT2D eigenvalue weighted by Crippen LogP contribution is -2.28. The second kappa shape index (κ2) is 7.30. The Morgan fingerprint density at radius 3 is 2.64 bits per heavy atom. The number of rotatable bonds is 6. The molecule has 0 fully saturated rings. The lowest BCUT2D eigenvalue weighted by molar-refractivity contribution is -0.121. The van der Waals surface area contributed by atoms with E-state index < -0.39 is 0 Å². The Morgan fingerprint density at radius 2 is 1.92 bits per heavy atom. The van der Waals surface area contributed by atoms with Crippen LogP contribution in [0.4, 0.5) is 0 Å². The average Bonchev–Trinajstić information content (AvgIpc) is 3.06. The SMILES string of the molecule is COc1ccc(CC(=O)NC(C)c2cc3ccccc3o2)c(OC)c1. The van der Waals surface area contributed by atoms with Crippen LogP contribution in [0, 0.1) is 0 Å². The molecular weight excluding hydrogens is 318 g/mol. The quantitative estimate of drug-likeness (QED) is 0.740. The summed E-state index contributed by atoms with van der Waals surface area (Å²) in [6.07, 6.45) is 0.220. The number of nitrogens with one attached hydrogen (secondary N) is 1. The zero-order valence-corrected chi connectivity index (χ0v) is 14.5. The van der Waals surface area contributed by atoms with Crippen LogP contribution in [0.5, 0.6) is 11.5 Å². The molecule has 0 radical (unpaired) electrons. The Bertz CT molecular complexity index is 851. The molecule has 1 N–H and O–H groups in total. The number of benzene rings is 2. The van der Waals surface area contributed by atoms with Crippen LogP contribution in [0.2, 0.25) is 0 Å². The fraction of sp³-hybridized carbons (Fsp3) is 0.250. The summed E-state index contributed by atoms with van der Waals surface area (Å²) in [5.74, 6) is 1.95. The number of carbonyl (C=O) groups is 1. The molecule has 3 aromatic rings. The van der Waals surface area contributed by atoms with Gasteiger partial charge in [-0.15, -0.1) is 0 Å². The number of hydrogen-bond donors (Lipinski definition) is 1. The van der Waals surface area contributed by atoms with Gasteiger partial charge in [0.05, 0.1) is 26.7 Å². The van der Waals surface area contributed by atoms with Crippen LogP contribution in [0.15, 0.2) is 52.9 Å². The van der Waals surface area contributed by atoms with E-state index in [2.05, 4.69) is 5.32 Å². The Hall–Kier alpha value is -2.95. The summed E-state index contributed by atoms with van der Waals surface area (Å²) in [5, 5.41) is 3.99. The first-order chi connectivity index (χ1) is 12.1. The van der Waals surface area contributed by atoms with Crippen molar-refractivity contribution in [3.05, 3.63) is 59.9 Å². The molecule has 5 heteroatoms. The molecule has 0 bridgehead atoms. The Labute approximate surface area is 146 Å². The highest BCUT2D eigenvalue weighted by atomic mass is 16.5. The monoisotopic (exact) mass is 339 g/mol. The summed E-state index contributed by atoms with van der Waals surface area (Å²) >= 11 is 0. The van der Waals surface area contributed by atoms with E-state index in [-0.39, 0.29) is 18.4 Å². The molecular formula is C20H21NO4. The fourth-order valence-corrected chi connectivity index (χ4v) is 2.75. The van der Waals surface area contributed by atoms with Crippen LogP contribution in [-0.4, -0.2) is 20.1 Å². The number of methoxy groups -OCH3 is 2. The smallest absolute Gasteiger partial charge is 0.225 e. The number of para-hydroxylation sites is 1. The second-order valence-corrected chi connectivity index (χ2v) is 5.83. The first kappa shape index (κ1) is 16.9. The highest BCUT2D eigenvalue weighted by Crippen LogP contribution is 2.26. The van der Waals surface area contributed by atoms with E-state index in [1.807, 2.05) is 49.4 Å². The van der Waals surface area contributed by atoms with Crippen LogP contribution in [0.3, 0.4) is 0 Å². The Morgan fingerprint density at radius 1 is 1.12 bits per heavy atom. The van der Waals surface area contributed by atoms with Crippen molar-refractivity contribution in [2.24, 2.45) is 0 Å². The molecule has 1 heterocycles. The van der Waals surface area contributed by atoms with Crippen LogP contribution in [0.1, 0.15) is 24.3 Å². The van der Waals surface area contributed by atoms with Crippen molar-refractivity contribution in [3.8, 4) is 11.5 Å². The minimum Gasteiger partial charge on any atom is -0.497 e. The largest absolute Gasteiger partial charge is 0.497 e. The van der Waals surface area contributed by atoms with Gasteiger partial charge in [0.1, 0.15) is 22.8 Å². The summed E-state index contributed by atoms with van der Waals surface area (Å²) in [7, 11) is 3.17. The molecule has 2 aromatic carbocycles. The number of carbonyl (C=O) groups excluding carboxylic acids is 1. The number of ether oxygens (including phenoxy) is 2. The molecule has 0 saturated heterocycles. The molecule has 130 valence electrons. The predicted molar refractivity (Wildman–Crippen MR) is 96.0 cm³/mol. The third-order valence-corrected chi connectivity index (χ3v) is 4.09. The van der Waals surface area contributed by atoms with Gasteiger partial charge in [0, 0.05) is 17.0 Å². The summed E-state index contributed by atoms with van der Waals surface area (Å²) in [6.45, 7) is 1.90. The van der Waals surface area contributed by atoms with E-state index in [1.54, 1.807) is 20.3 Å². The van der Waals surface area contributed by atoms with Gasteiger partial charge >= 0.3 is 0 Å². The van der Waals surface area contributed by atoms with E-state index in [4.69, 9.17) is 13.9 Å². The highest BCUT2D eigenvalue weighted by molar-refractivity contribution is 5.81. The number of hydrogen-bond acceptors (Lipinski definition) is 4. The molecule has 0 aliphatic rings. The summed E-state index contributed by atoms with van der Waals surface area (Å²) in [6, 6.07) is 14.9. The van der Waals surface area contributed by atoms with Gasteiger partial charge in [0.25, 0.3) is 0 Å². The third-order valence-electron chi connectivity index (χ3n) is 4.09. The molecule has 1 amide bonds.